The van der Waals surface area contributed by atoms with Gasteiger partial charge in [0, 0.05) is 34.4 Å². The van der Waals surface area contributed by atoms with Crippen molar-refractivity contribution in [1.29, 1.82) is 0 Å². The number of hydrogen-bond donors (Lipinski definition) is 1. The fourth-order valence-electron chi connectivity index (χ4n) is 2.51. The fourth-order valence-corrected chi connectivity index (χ4v) is 2.90. The fraction of sp³-hybridized carbons (Fsp3) is 0.176. The van der Waals surface area contributed by atoms with Crippen molar-refractivity contribution in [3.63, 3.8) is 0 Å². The summed E-state index contributed by atoms with van der Waals surface area (Å²) in [4.78, 5) is 25.8. The molecule has 1 aliphatic rings. The third-order valence-electron chi connectivity index (χ3n) is 3.58. The minimum Gasteiger partial charge on any atom is -0.322 e. The molecule has 1 aliphatic heterocycles. The Hall–Kier alpha value is -2.14. The summed E-state index contributed by atoms with van der Waals surface area (Å²) in [5.41, 5.74) is 2.09. The number of halogens is 1. The van der Waals surface area contributed by atoms with Crippen LogP contribution in [-0.2, 0) is 4.79 Å². The summed E-state index contributed by atoms with van der Waals surface area (Å²) in [6.45, 7) is 0.738. The van der Waals surface area contributed by atoms with Crippen molar-refractivity contribution in [2.75, 3.05) is 16.8 Å². The molecule has 1 fully saturated rings. The quantitative estimate of drug-likeness (QED) is 0.906. The number of amides is 2. The average Bonchev–Trinajstić information content (AvgIpc) is 2.94. The van der Waals surface area contributed by atoms with Crippen LogP contribution in [0.4, 0.5) is 11.4 Å². The lowest BCUT2D eigenvalue weighted by molar-refractivity contribution is -0.117. The zero-order chi connectivity index (χ0) is 15.5. The molecule has 0 unspecified atom stereocenters. The van der Waals surface area contributed by atoms with Crippen LogP contribution in [0.3, 0.4) is 0 Å². The van der Waals surface area contributed by atoms with Gasteiger partial charge in [-0.1, -0.05) is 28.1 Å². The first kappa shape index (κ1) is 14.8. The first-order chi connectivity index (χ1) is 10.6. The predicted molar refractivity (Wildman–Crippen MR) is 90.1 cm³/mol. The SMILES string of the molecule is O=C(Nc1cccc(N2CCCC2=O)c1)c1cccc(Br)c1. The number of carbonyl (C=O) groups is 2. The van der Waals surface area contributed by atoms with Crippen LogP contribution in [-0.4, -0.2) is 18.4 Å². The lowest BCUT2D eigenvalue weighted by Crippen LogP contribution is -2.23. The molecule has 2 aromatic carbocycles. The second-order valence-electron chi connectivity index (χ2n) is 5.16. The highest BCUT2D eigenvalue weighted by Crippen LogP contribution is 2.24. The van der Waals surface area contributed by atoms with Crippen molar-refractivity contribution in [2.45, 2.75) is 12.8 Å². The summed E-state index contributed by atoms with van der Waals surface area (Å²) in [5, 5.41) is 2.87. The van der Waals surface area contributed by atoms with Crippen molar-refractivity contribution in [3.05, 3.63) is 58.6 Å². The molecule has 0 aliphatic carbocycles. The first-order valence-electron chi connectivity index (χ1n) is 7.11. The van der Waals surface area contributed by atoms with Crippen molar-refractivity contribution in [2.24, 2.45) is 0 Å². The van der Waals surface area contributed by atoms with Gasteiger partial charge >= 0.3 is 0 Å². The summed E-state index contributed by atoms with van der Waals surface area (Å²) in [6, 6.07) is 14.6. The summed E-state index contributed by atoms with van der Waals surface area (Å²) in [6.07, 6.45) is 1.47. The van der Waals surface area contributed by atoms with Crippen LogP contribution >= 0.6 is 15.9 Å². The third kappa shape index (κ3) is 3.20. The Labute approximate surface area is 137 Å². The van der Waals surface area contributed by atoms with Crippen LogP contribution in [0.15, 0.2) is 53.0 Å². The molecule has 0 atom stereocenters. The van der Waals surface area contributed by atoms with E-state index in [9.17, 15) is 9.59 Å². The molecule has 1 saturated heterocycles. The third-order valence-corrected chi connectivity index (χ3v) is 4.07. The standard InChI is InChI=1S/C17H15BrN2O2/c18-13-5-1-4-12(10-13)17(22)19-14-6-2-7-15(11-14)20-9-3-8-16(20)21/h1-2,4-7,10-11H,3,8-9H2,(H,19,22). The van der Waals surface area contributed by atoms with Crippen molar-refractivity contribution < 1.29 is 9.59 Å². The van der Waals surface area contributed by atoms with Crippen LogP contribution in [0, 0.1) is 0 Å². The smallest absolute Gasteiger partial charge is 0.255 e. The molecular weight excluding hydrogens is 344 g/mol. The molecule has 4 nitrogen and oxygen atoms in total. The van der Waals surface area contributed by atoms with Crippen LogP contribution in [0.1, 0.15) is 23.2 Å². The van der Waals surface area contributed by atoms with Crippen molar-refractivity contribution >= 4 is 39.1 Å². The number of hydrogen-bond acceptors (Lipinski definition) is 2. The Kier molecular flexibility index (Phi) is 4.24. The Bertz CT molecular complexity index is 730. The van der Waals surface area contributed by atoms with Crippen molar-refractivity contribution in [1.82, 2.24) is 0 Å². The van der Waals surface area contributed by atoms with E-state index in [-0.39, 0.29) is 11.8 Å². The molecule has 0 saturated carbocycles. The molecule has 0 radical (unpaired) electrons. The highest BCUT2D eigenvalue weighted by atomic mass is 79.9. The van der Waals surface area contributed by atoms with E-state index in [2.05, 4.69) is 21.2 Å². The van der Waals surface area contributed by atoms with Gasteiger partial charge in [-0.2, -0.15) is 0 Å². The van der Waals surface area contributed by atoms with Crippen LogP contribution in [0.2, 0.25) is 0 Å². The number of carbonyl (C=O) groups excluding carboxylic acids is 2. The number of rotatable bonds is 3. The normalized spacial score (nSPS) is 14.2. The van der Waals surface area contributed by atoms with Gasteiger partial charge in [0.05, 0.1) is 0 Å². The second kappa shape index (κ2) is 6.32. The second-order valence-corrected chi connectivity index (χ2v) is 6.08. The highest BCUT2D eigenvalue weighted by molar-refractivity contribution is 9.10. The Morgan fingerprint density at radius 2 is 1.95 bits per heavy atom. The maximum Gasteiger partial charge on any atom is 0.255 e. The van der Waals surface area contributed by atoms with E-state index >= 15 is 0 Å². The molecule has 1 N–H and O–H groups in total. The molecule has 1 heterocycles. The Morgan fingerprint density at radius 1 is 1.14 bits per heavy atom. The minimum atomic E-state index is -0.175. The van der Waals surface area contributed by atoms with E-state index in [0.29, 0.717) is 17.7 Å². The van der Waals surface area contributed by atoms with Gasteiger partial charge in [-0.15, -0.1) is 0 Å². The van der Waals surface area contributed by atoms with E-state index in [4.69, 9.17) is 0 Å². The summed E-state index contributed by atoms with van der Waals surface area (Å²) < 4.78 is 0.858. The van der Waals surface area contributed by atoms with E-state index < -0.39 is 0 Å². The molecule has 2 aromatic rings. The highest BCUT2D eigenvalue weighted by Gasteiger charge is 2.21. The average molecular weight is 359 g/mol. The van der Waals surface area contributed by atoms with Gasteiger partial charge in [-0.05, 0) is 42.8 Å². The van der Waals surface area contributed by atoms with Gasteiger partial charge in [0.25, 0.3) is 5.91 Å². The zero-order valence-corrected chi connectivity index (χ0v) is 13.5. The topological polar surface area (TPSA) is 49.4 Å². The van der Waals surface area contributed by atoms with Gasteiger partial charge < -0.3 is 10.2 Å². The van der Waals surface area contributed by atoms with Crippen LogP contribution in [0.25, 0.3) is 0 Å². The van der Waals surface area contributed by atoms with Crippen molar-refractivity contribution in [3.8, 4) is 0 Å². The van der Waals surface area contributed by atoms with Gasteiger partial charge in [0.15, 0.2) is 0 Å². The zero-order valence-electron chi connectivity index (χ0n) is 11.9. The summed E-state index contributed by atoms with van der Waals surface area (Å²) in [5.74, 6) is -0.0401. The monoisotopic (exact) mass is 358 g/mol. The number of nitrogens with zero attached hydrogens (tertiary/aromatic N) is 1. The molecule has 0 bridgehead atoms. The van der Waals surface area contributed by atoms with Gasteiger partial charge in [0.2, 0.25) is 5.91 Å². The lowest BCUT2D eigenvalue weighted by atomic mass is 10.2. The predicted octanol–water partition coefficient (Wildman–Crippen LogP) is 3.83. The summed E-state index contributed by atoms with van der Waals surface area (Å²) in [7, 11) is 0. The molecule has 3 rings (SSSR count). The van der Waals surface area contributed by atoms with E-state index in [1.165, 1.54) is 0 Å². The van der Waals surface area contributed by atoms with Gasteiger partial charge in [-0.25, -0.2) is 0 Å². The molecular formula is C17H15BrN2O2. The Balaban J connectivity index is 1.78. The van der Waals surface area contributed by atoms with Gasteiger partial charge in [0.1, 0.15) is 0 Å². The van der Waals surface area contributed by atoms with Crippen LogP contribution in [0.5, 0.6) is 0 Å². The minimum absolute atomic E-state index is 0.135. The molecule has 0 spiro atoms. The Morgan fingerprint density at radius 3 is 2.68 bits per heavy atom. The molecule has 0 aromatic heterocycles. The number of benzene rings is 2. The van der Waals surface area contributed by atoms with E-state index in [1.54, 1.807) is 17.0 Å². The number of anilines is 2. The molecule has 112 valence electrons. The maximum absolute atomic E-state index is 12.3. The largest absolute Gasteiger partial charge is 0.322 e. The van der Waals surface area contributed by atoms with E-state index in [0.717, 1.165) is 23.1 Å². The van der Waals surface area contributed by atoms with Crippen LogP contribution < -0.4 is 10.2 Å². The molecule has 2 amide bonds. The molecule has 5 heteroatoms. The molecule has 22 heavy (non-hydrogen) atoms. The number of nitrogens with one attached hydrogen (secondary N) is 1. The maximum atomic E-state index is 12.3. The first-order valence-corrected chi connectivity index (χ1v) is 7.90. The van der Waals surface area contributed by atoms with E-state index in [1.807, 2.05) is 36.4 Å². The lowest BCUT2D eigenvalue weighted by Gasteiger charge is -2.16. The summed E-state index contributed by atoms with van der Waals surface area (Å²) >= 11 is 3.35. The van der Waals surface area contributed by atoms with Gasteiger partial charge in [-0.3, -0.25) is 9.59 Å².